The third-order valence-corrected chi connectivity index (χ3v) is 5.85. The van der Waals surface area contributed by atoms with Crippen molar-refractivity contribution in [3.63, 3.8) is 0 Å². The lowest BCUT2D eigenvalue weighted by atomic mass is 10.2. The molecule has 0 N–H and O–H groups in total. The average molecular weight is 396 g/mol. The van der Waals surface area contributed by atoms with E-state index in [-0.39, 0.29) is 5.69 Å². The Hall–Kier alpha value is -3.87. The Morgan fingerprint density at radius 1 is 0.900 bits per heavy atom. The van der Waals surface area contributed by atoms with Crippen LogP contribution in [0, 0.1) is 0 Å². The number of aromatic nitrogens is 5. The minimum Gasteiger partial charge on any atom is -0.310 e. The van der Waals surface area contributed by atoms with E-state index in [1.165, 1.54) is 0 Å². The highest BCUT2D eigenvalue weighted by atomic mass is 16.1. The highest BCUT2D eigenvalue weighted by Crippen LogP contribution is 2.33. The van der Waals surface area contributed by atoms with Gasteiger partial charge in [-0.25, -0.2) is 19.3 Å². The van der Waals surface area contributed by atoms with Crippen molar-refractivity contribution in [1.29, 1.82) is 0 Å². The van der Waals surface area contributed by atoms with Gasteiger partial charge in [0, 0.05) is 31.5 Å². The summed E-state index contributed by atoms with van der Waals surface area (Å²) in [5.41, 5.74) is 5.51. The van der Waals surface area contributed by atoms with E-state index in [1.807, 2.05) is 49.4 Å². The van der Waals surface area contributed by atoms with Gasteiger partial charge in [0.05, 0.1) is 22.2 Å². The van der Waals surface area contributed by atoms with Crippen LogP contribution >= 0.6 is 0 Å². The second-order valence-electron chi connectivity index (χ2n) is 7.43. The van der Waals surface area contributed by atoms with Crippen LogP contribution in [0.5, 0.6) is 0 Å². The van der Waals surface area contributed by atoms with E-state index in [9.17, 15) is 4.79 Å². The number of pyridine rings is 1. The van der Waals surface area contributed by atoms with Crippen LogP contribution in [0.1, 0.15) is 6.92 Å². The molecule has 7 heteroatoms. The van der Waals surface area contributed by atoms with Crippen LogP contribution in [0.15, 0.2) is 71.7 Å². The molecule has 6 rings (SSSR count). The Morgan fingerprint density at radius 2 is 1.67 bits per heavy atom. The van der Waals surface area contributed by atoms with Crippen LogP contribution in [0.2, 0.25) is 0 Å². The van der Waals surface area contributed by atoms with Gasteiger partial charge < -0.3 is 9.47 Å². The molecule has 7 nitrogen and oxygen atoms in total. The number of hydrogen-bond acceptors (Lipinski definition) is 4. The van der Waals surface area contributed by atoms with Crippen LogP contribution in [0.25, 0.3) is 27.9 Å². The third kappa shape index (κ3) is 2.29. The summed E-state index contributed by atoms with van der Waals surface area (Å²) in [4.78, 5) is 24.5. The lowest BCUT2D eigenvalue weighted by Gasteiger charge is -2.16. The minimum absolute atomic E-state index is 0.0677. The van der Waals surface area contributed by atoms with Gasteiger partial charge in [-0.3, -0.25) is 4.57 Å². The summed E-state index contributed by atoms with van der Waals surface area (Å²) in [6.45, 7) is 4.37. The lowest BCUT2D eigenvalue weighted by Crippen LogP contribution is -2.22. The Kier molecular flexibility index (Phi) is 3.59. The maximum Gasteiger partial charge on any atom is 0.334 e. The first-order valence-electron chi connectivity index (χ1n) is 10.2. The van der Waals surface area contributed by atoms with Gasteiger partial charge >= 0.3 is 5.69 Å². The Morgan fingerprint density at radius 3 is 2.50 bits per heavy atom. The zero-order chi connectivity index (χ0) is 20.2. The SMILES string of the molecule is CCn1c(=O)n(-c2ccc(N3CCn4c3nc3ccccc34)cc2)c2ncccc21. The molecule has 0 atom stereocenters. The van der Waals surface area contributed by atoms with Crippen LogP contribution in [-0.4, -0.2) is 30.2 Å². The van der Waals surface area contributed by atoms with Crippen LogP contribution in [0.4, 0.5) is 11.6 Å². The number of nitrogens with zero attached hydrogens (tertiary/aromatic N) is 6. The largest absolute Gasteiger partial charge is 0.334 e. The van der Waals surface area contributed by atoms with Gasteiger partial charge in [0.15, 0.2) is 5.65 Å². The number of benzene rings is 2. The molecule has 5 aromatic rings. The molecule has 0 radical (unpaired) electrons. The number of hydrogen-bond donors (Lipinski definition) is 0. The summed E-state index contributed by atoms with van der Waals surface area (Å²) >= 11 is 0. The van der Waals surface area contributed by atoms with Crippen molar-refractivity contribution < 1.29 is 0 Å². The molecule has 30 heavy (non-hydrogen) atoms. The summed E-state index contributed by atoms with van der Waals surface area (Å²) in [5, 5.41) is 0. The first-order chi connectivity index (χ1) is 14.8. The topological polar surface area (TPSA) is 60.9 Å². The summed E-state index contributed by atoms with van der Waals surface area (Å²) in [6, 6.07) is 20.1. The van der Waals surface area contributed by atoms with Gasteiger partial charge in [-0.05, 0) is 55.5 Å². The first kappa shape index (κ1) is 17.0. The molecule has 3 aromatic heterocycles. The van der Waals surface area contributed by atoms with E-state index in [0.717, 1.165) is 47.0 Å². The maximum absolute atomic E-state index is 13.0. The molecule has 0 bridgehead atoms. The molecule has 0 aliphatic carbocycles. The fourth-order valence-corrected chi connectivity index (χ4v) is 4.44. The molecule has 1 aliphatic heterocycles. The van der Waals surface area contributed by atoms with E-state index in [2.05, 4.69) is 32.7 Å². The first-order valence-corrected chi connectivity index (χ1v) is 10.2. The monoisotopic (exact) mass is 396 g/mol. The number of anilines is 2. The van der Waals surface area contributed by atoms with Gasteiger partial charge in [0.1, 0.15) is 0 Å². The fourth-order valence-electron chi connectivity index (χ4n) is 4.44. The molecule has 148 valence electrons. The quantitative estimate of drug-likeness (QED) is 0.466. The molecule has 2 aromatic carbocycles. The normalized spacial score (nSPS) is 13.4. The highest BCUT2D eigenvalue weighted by molar-refractivity contribution is 5.81. The highest BCUT2D eigenvalue weighted by Gasteiger charge is 2.24. The Labute approximate surface area is 172 Å². The van der Waals surface area contributed by atoms with E-state index >= 15 is 0 Å². The summed E-state index contributed by atoms with van der Waals surface area (Å²) < 4.78 is 5.69. The van der Waals surface area contributed by atoms with E-state index in [4.69, 9.17) is 4.98 Å². The van der Waals surface area contributed by atoms with E-state index < -0.39 is 0 Å². The molecule has 0 fully saturated rings. The molecular weight excluding hydrogens is 376 g/mol. The number of aryl methyl sites for hydroxylation is 1. The third-order valence-electron chi connectivity index (χ3n) is 5.85. The summed E-state index contributed by atoms with van der Waals surface area (Å²) in [6.07, 6.45) is 1.72. The smallest absolute Gasteiger partial charge is 0.310 e. The summed E-state index contributed by atoms with van der Waals surface area (Å²) in [7, 11) is 0. The Balaban J connectivity index is 1.43. The second-order valence-corrected chi connectivity index (χ2v) is 7.43. The fraction of sp³-hybridized carbons (Fsp3) is 0.174. The van der Waals surface area contributed by atoms with Gasteiger partial charge in [-0.15, -0.1) is 0 Å². The van der Waals surface area contributed by atoms with Crippen molar-refractivity contribution >= 4 is 33.8 Å². The maximum atomic E-state index is 13.0. The lowest BCUT2D eigenvalue weighted by molar-refractivity contribution is 0.734. The zero-order valence-electron chi connectivity index (χ0n) is 16.6. The van der Waals surface area contributed by atoms with Crippen LogP contribution in [-0.2, 0) is 13.1 Å². The van der Waals surface area contributed by atoms with E-state index in [1.54, 1.807) is 15.3 Å². The molecule has 1 aliphatic rings. The van der Waals surface area contributed by atoms with Gasteiger partial charge in [-0.2, -0.15) is 0 Å². The van der Waals surface area contributed by atoms with Crippen molar-refractivity contribution in [3.05, 3.63) is 77.3 Å². The standard InChI is InChI=1S/C23H20N6O/c1-2-26-20-8-5-13-24-21(20)29(23(26)30)17-11-9-16(10-12-17)27-14-15-28-19-7-4-3-6-18(19)25-22(27)28/h3-13H,2,14-15H2,1H3. The van der Waals surface area contributed by atoms with Crippen molar-refractivity contribution in [3.8, 4) is 5.69 Å². The molecule has 0 amide bonds. The van der Waals surface area contributed by atoms with Crippen molar-refractivity contribution in [2.75, 3.05) is 11.4 Å². The predicted molar refractivity (Wildman–Crippen MR) is 118 cm³/mol. The minimum atomic E-state index is -0.0677. The molecular formula is C23H20N6O. The Bertz CT molecular complexity index is 1460. The van der Waals surface area contributed by atoms with Crippen molar-refractivity contribution in [1.82, 2.24) is 23.7 Å². The zero-order valence-corrected chi connectivity index (χ0v) is 16.6. The molecule has 4 heterocycles. The number of rotatable bonds is 3. The molecule has 0 saturated carbocycles. The average Bonchev–Trinajstić information content (AvgIpc) is 3.43. The van der Waals surface area contributed by atoms with Crippen LogP contribution in [0.3, 0.4) is 0 Å². The van der Waals surface area contributed by atoms with Gasteiger partial charge in [-0.1, -0.05) is 12.1 Å². The van der Waals surface area contributed by atoms with Crippen LogP contribution < -0.4 is 10.6 Å². The predicted octanol–water partition coefficient (Wildman–Crippen LogP) is 3.71. The van der Waals surface area contributed by atoms with Crippen molar-refractivity contribution in [2.45, 2.75) is 20.0 Å². The number of para-hydroxylation sites is 2. The van der Waals surface area contributed by atoms with Crippen molar-refractivity contribution in [2.24, 2.45) is 0 Å². The van der Waals surface area contributed by atoms with E-state index in [0.29, 0.717) is 12.2 Å². The molecule has 0 unspecified atom stereocenters. The van der Waals surface area contributed by atoms with Gasteiger partial charge in [0.25, 0.3) is 0 Å². The molecule has 0 saturated heterocycles. The molecule has 0 spiro atoms. The number of imidazole rings is 2. The summed E-state index contributed by atoms with van der Waals surface area (Å²) in [5.74, 6) is 0.963. The van der Waals surface area contributed by atoms with Gasteiger partial charge in [0.2, 0.25) is 5.95 Å². The second kappa shape index (κ2) is 6.32. The number of fused-ring (bicyclic) bond motifs is 4.